The van der Waals surface area contributed by atoms with Crippen LogP contribution >= 0.6 is 0 Å². The molecule has 0 aromatic rings. The molecule has 0 atom stereocenters. The molecule has 0 aliphatic rings. The van der Waals surface area contributed by atoms with Crippen LogP contribution in [-0.4, -0.2) is 11.9 Å². The number of hydrogen-bond donors (Lipinski definition) is 2. The van der Waals surface area contributed by atoms with Crippen LogP contribution < -0.4 is 47.3 Å². The molecule has 9 heteroatoms. The second kappa shape index (κ2) is 31.9. The molecular weight excluding hydrogens is 550 g/mol. The van der Waals surface area contributed by atoms with Gasteiger partial charge in [0, 0.05) is 11.9 Å². The molecule has 6 N–H and O–H groups in total. The molecular formula is C16H36Cl2N2O4Pt. The van der Waals surface area contributed by atoms with Gasteiger partial charge in [-0.25, -0.2) is 0 Å². The van der Waals surface area contributed by atoms with Gasteiger partial charge in [-0.1, -0.05) is 53.4 Å². The molecule has 0 radical (unpaired) electrons. The van der Waals surface area contributed by atoms with Gasteiger partial charge in [-0.05, 0) is 37.5 Å². The maximum absolute atomic E-state index is 10.4. The summed E-state index contributed by atoms with van der Waals surface area (Å²) in [6.45, 7) is 7.97. The van der Waals surface area contributed by atoms with E-state index in [2.05, 4.69) is 0 Å². The Morgan fingerprint density at radius 2 is 0.800 bits per heavy atom. The van der Waals surface area contributed by atoms with E-state index in [1.165, 1.54) is 0 Å². The normalized spacial score (nSPS) is 8.24. The minimum absolute atomic E-state index is 0. The summed E-state index contributed by atoms with van der Waals surface area (Å²) >= 11 is 0. The third-order valence-corrected chi connectivity index (χ3v) is 3.22. The van der Waals surface area contributed by atoms with Crippen LogP contribution in [0.3, 0.4) is 0 Å². The van der Waals surface area contributed by atoms with Gasteiger partial charge in [0.15, 0.2) is 0 Å². The fraction of sp³-hybridized carbons (Fsp3) is 0.875. The Labute approximate surface area is 180 Å². The Morgan fingerprint density at radius 3 is 0.880 bits per heavy atom. The molecule has 0 saturated carbocycles. The number of halogens is 2. The molecule has 0 aliphatic carbocycles. The van der Waals surface area contributed by atoms with Gasteiger partial charge in [-0.2, -0.15) is 0 Å². The fourth-order valence-corrected chi connectivity index (χ4v) is 2.15. The van der Waals surface area contributed by atoms with Crippen molar-refractivity contribution < 1.29 is 65.7 Å². The monoisotopic (exact) mass is 585 g/mol. The third kappa shape index (κ3) is 29.2. The van der Waals surface area contributed by atoms with E-state index in [1.807, 2.05) is 27.7 Å². The van der Waals surface area contributed by atoms with E-state index in [-0.39, 0.29) is 70.0 Å². The van der Waals surface area contributed by atoms with Crippen LogP contribution in [0.4, 0.5) is 0 Å². The zero-order valence-corrected chi connectivity index (χ0v) is 19.7. The number of carbonyl (C=O) groups excluding carboxylic acids is 2. The quantitative estimate of drug-likeness (QED) is 0.269. The largest absolute Gasteiger partial charge is 4.00 e. The zero-order valence-electron chi connectivity index (χ0n) is 15.9. The first kappa shape index (κ1) is 44.5. The van der Waals surface area contributed by atoms with Crippen LogP contribution in [0.5, 0.6) is 0 Å². The maximum atomic E-state index is 10.4. The van der Waals surface area contributed by atoms with Crippen LogP contribution in [0.2, 0.25) is 0 Å². The molecule has 0 fully saturated rings. The van der Waals surface area contributed by atoms with Crippen molar-refractivity contribution in [1.82, 2.24) is 12.3 Å². The van der Waals surface area contributed by atoms with Crippen molar-refractivity contribution in [3.63, 3.8) is 0 Å². The number of rotatable bonds is 10. The number of hydrogen-bond acceptors (Lipinski definition) is 6. The Balaban J connectivity index is -0.0000000432. The number of aliphatic carboxylic acids is 2. The van der Waals surface area contributed by atoms with Crippen molar-refractivity contribution >= 4 is 11.9 Å². The molecule has 0 bridgehead atoms. The summed E-state index contributed by atoms with van der Waals surface area (Å²) in [6, 6.07) is 0. The topological polar surface area (TPSA) is 150 Å². The van der Waals surface area contributed by atoms with Gasteiger partial charge in [0.25, 0.3) is 0 Å². The van der Waals surface area contributed by atoms with Crippen LogP contribution in [0, 0.1) is 11.8 Å². The second-order valence-electron chi connectivity index (χ2n) is 5.19. The van der Waals surface area contributed by atoms with E-state index in [1.54, 1.807) is 0 Å². The molecule has 25 heavy (non-hydrogen) atoms. The number of carbonyl (C=O) groups is 2. The first-order chi connectivity index (χ1) is 9.44. The average molecular weight is 586 g/mol. The van der Waals surface area contributed by atoms with Crippen molar-refractivity contribution in [2.75, 3.05) is 0 Å². The van der Waals surface area contributed by atoms with E-state index in [0.29, 0.717) is 0 Å². The molecule has 0 aromatic heterocycles. The predicted octanol–water partition coefficient (Wildman–Crippen LogP) is -3.77. The Kier molecular flexibility index (Phi) is 56.7. The summed E-state index contributed by atoms with van der Waals surface area (Å²) < 4.78 is 0. The molecule has 6 nitrogen and oxygen atoms in total. The van der Waals surface area contributed by atoms with Crippen molar-refractivity contribution in [2.24, 2.45) is 11.8 Å². The molecule has 0 spiro atoms. The van der Waals surface area contributed by atoms with Gasteiger partial charge >= 0.3 is 21.1 Å². The summed E-state index contributed by atoms with van der Waals surface area (Å²) in [5, 5.41) is 20.7. The van der Waals surface area contributed by atoms with Crippen molar-refractivity contribution in [1.29, 1.82) is 0 Å². The van der Waals surface area contributed by atoms with E-state index < -0.39 is 11.9 Å². The number of carboxylic acid groups (broad SMARTS) is 2. The van der Waals surface area contributed by atoms with Gasteiger partial charge in [0.1, 0.15) is 0 Å². The van der Waals surface area contributed by atoms with Gasteiger partial charge in [0.2, 0.25) is 0 Å². The van der Waals surface area contributed by atoms with Gasteiger partial charge in [-0.3, -0.25) is 0 Å². The van der Waals surface area contributed by atoms with Crippen molar-refractivity contribution in [3.8, 4) is 0 Å². The van der Waals surface area contributed by atoms with E-state index in [9.17, 15) is 19.8 Å². The van der Waals surface area contributed by atoms with Gasteiger partial charge in [-0.15, -0.1) is 0 Å². The van der Waals surface area contributed by atoms with Crippen LogP contribution in [-0.2, 0) is 30.7 Å². The average Bonchev–Trinajstić information content (AvgIpc) is 2.38. The Bertz CT molecular complexity index is 239. The second-order valence-corrected chi connectivity index (χ2v) is 5.19. The van der Waals surface area contributed by atoms with E-state index in [4.69, 9.17) is 0 Å². The van der Waals surface area contributed by atoms with E-state index >= 15 is 0 Å². The Hall–Kier alpha value is 0.128. The van der Waals surface area contributed by atoms with E-state index in [0.717, 1.165) is 51.4 Å². The Morgan fingerprint density at radius 1 is 0.640 bits per heavy atom. The fourth-order valence-electron chi connectivity index (χ4n) is 2.15. The van der Waals surface area contributed by atoms with Crippen molar-refractivity contribution in [3.05, 3.63) is 0 Å². The first-order valence-electron chi connectivity index (χ1n) is 7.86. The minimum Gasteiger partial charge on any atom is -1.00 e. The standard InChI is InChI=1S/2C8H16O2.2ClH.2H3N.Pt/c2*1-3-5-7(6-4-2)8(9)10;;;;;/h2*7H,3-6H2,1-2H3,(H,9,10);2*1H;2*1H3;/q;;;;;;+4/p-4. The molecule has 0 rings (SSSR count). The minimum atomic E-state index is -0.885. The molecule has 0 aromatic carbocycles. The first-order valence-corrected chi connectivity index (χ1v) is 7.86. The third-order valence-electron chi connectivity index (χ3n) is 3.22. The summed E-state index contributed by atoms with van der Waals surface area (Å²) in [4.78, 5) is 20.7. The molecule has 0 unspecified atom stereocenters. The summed E-state index contributed by atoms with van der Waals surface area (Å²) in [6.07, 6.45) is 6.76. The summed E-state index contributed by atoms with van der Waals surface area (Å²) in [7, 11) is 0. The smallest absolute Gasteiger partial charge is 1.00 e. The van der Waals surface area contributed by atoms with Gasteiger partial charge < -0.3 is 56.9 Å². The van der Waals surface area contributed by atoms with Crippen LogP contribution in [0.15, 0.2) is 0 Å². The molecule has 158 valence electrons. The van der Waals surface area contributed by atoms with Crippen LogP contribution in [0.1, 0.15) is 79.1 Å². The number of carboxylic acids is 2. The SMILES string of the molecule is CCCC(CCC)C(=O)[O-].CCCC(CCC)C(=O)[O-].N.N.[Cl-].[Cl-].[Pt+4]. The van der Waals surface area contributed by atoms with Crippen LogP contribution in [0.25, 0.3) is 0 Å². The summed E-state index contributed by atoms with van der Waals surface area (Å²) in [5.41, 5.74) is 0. The molecule has 0 saturated heterocycles. The molecule has 0 amide bonds. The molecule has 0 aliphatic heterocycles. The zero-order chi connectivity index (χ0) is 16.0. The predicted molar refractivity (Wildman–Crippen MR) is 86.7 cm³/mol. The maximum Gasteiger partial charge on any atom is 4.00 e. The summed E-state index contributed by atoms with van der Waals surface area (Å²) in [5.74, 6) is -2.20. The molecule has 0 heterocycles. The van der Waals surface area contributed by atoms with Crippen molar-refractivity contribution in [2.45, 2.75) is 79.1 Å². The van der Waals surface area contributed by atoms with Gasteiger partial charge in [0.05, 0.1) is 0 Å².